The van der Waals surface area contributed by atoms with Crippen LogP contribution in [-0.4, -0.2) is 32.6 Å². The number of nitrogens with one attached hydrogen (secondary N) is 2. The zero-order valence-corrected chi connectivity index (χ0v) is 17.0. The SMILES string of the molecule is C[C@@H](Nc1ncnc2c1nc(C1=CCNCC1)c(=O)n2C)c1cccc(C(F)(F)F)c1. The molecule has 2 N–H and O–H groups in total. The fraction of sp³-hybridized carbons (Fsp3) is 0.333. The van der Waals surface area contributed by atoms with Gasteiger partial charge < -0.3 is 10.6 Å². The van der Waals surface area contributed by atoms with Gasteiger partial charge in [-0.05, 0) is 43.2 Å². The molecule has 3 aromatic rings. The van der Waals surface area contributed by atoms with Crippen molar-refractivity contribution in [2.45, 2.75) is 25.6 Å². The van der Waals surface area contributed by atoms with Gasteiger partial charge in [-0.2, -0.15) is 13.2 Å². The lowest BCUT2D eigenvalue weighted by Gasteiger charge is -2.19. The first-order valence-corrected chi connectivity index (χ1v) is 9.81. The highest BCUT2D eigenvalue weighted by Gasteiger charge is 2.30. The quantitative estimate of drug-likeness (QED) is 0.661. The highest BCUT2D eigenvalue weighted by molar-refractivity contribution is 5.84. The van der Waals surface area contributed by atoms with Crippen LogP contribution in [0, 0.1) is 0 Å². The van der Waals surface area contributed by atoms with Crippen LogP contribution >= 0.6 is 0 Å². The van der Waals surface area contributed by atoms with Gasteiger partial charge in [0.15, 0.2) is 11.5 Å². The molecule has 2 aromatic heterocycles. The van der Waals surface area contributed by atoms with Crippen molar-refractivity contribution in [1.82, 2.24) is 24.8 Å². The Bertz CT molecular complexity index is 1220. The Morgan fingerprint density at radius 1 is 1.26 bits per heavy atom. The van der Waals surface area contributed by atoms with E-state index in [-0.39, 0.29) is 5.56 Å². The number of nitrogens with zero attached hydrogens (tertiary/aromatic N) is 4. The number of rotatable bonds is 4. The predicted octanol–water partition coefficient (Wildman–Crippen LogP) is 3.29. The summed E-state index contributed by atoms with van der Waals surface area (Å²) in [6.45, 7) is 3.14. The van der Waals surface area contributed by atoms with E-state index in [4.69, 9.17) is 0 Å². The van der Waals surface area contributed by atoms with Crippen LogP contribution in [0.3, 0.4) is 0 Å². The average molecular weight is 430 g/mol. The average Bonchev–Trinajstić information content (AvgIpc) is 2.76. The fourth-order valence-electron chi connectivity index (χ4n) is 3.56. The van der Waals surface area contributed by atoms with Gasteiger partial charge in [-0.15, -0.1) is 0 Å². The number of alkyl halides is 3. The van der Waals surface area contributed by atoms with E-state index in [1.165, 1.54) is 17.0 Å². The van der Waals surface area contributed by atoms with Crippen LogP contribution in [0.15, 0.2) is 41.5 Å². The molecule has 1 aliphatic rings. The van der Waals surface area contributed by atoms with Crippen molar-refractivity contribution in [3.05, 3.63) is 63.8 Å². The van der Waals surface area contributed by atoms with Gasteiger partial charge in [-0.25, -0.2) is 15.0 Å². The van der Waals surface area contributed by atoms with E-state index in [1.807, 2.05) is 6.08 Å². The summed E-state index contributed by atoms with van der Waals surface area (Å²) >= 11 is 0. The zero-order valence-electron chi connectivity index (χ0n) is 17.0. The van der Waals surface area contributed by atoms with Crippen molar-refractivity contribution < 1.29 is 13.2 Å². The minimum atomic E-state index is -4.42. The van der Waals surface area contributed by atoms with Crippen LogP contribution in [0.5, 0.6) is 0 Å². The molecule has 0 radical (unpaired) electrons. The summed E-state index contributed by atoms with van der Waals surface area (Å²) in [5.41, 5.74) is 1.40. The van der Waals surface area contributed by atoms with Gasteiger partial charge >= 0.3 is 6.18 Å². The van der Waals surface area contributed by atoms with Crippen molar-refractivity contribution in [3.63, 3.8) is 0 Å². The third-order valence-electron chi connectivity index (χ3n) is 5.29. The molecule has 0 bridgehead atoms. The molecule has 10 heteroatoms. The summed E-state index contributed by atoms with van der Waals surface area (Å²) in [7, 11) is 1.62. The molecule has 31 heavy (non-hydrogen) atoms. The monoisotopic (exact) mass is 430 g/mol. The summed E-state index contributed by atoms with van der Waals surface area (Å²) in [5, 5.41) is 6.32. The van der Waals surface area contributed by atoms with Crippen LogP contribution in [0.1, 0.15) is 36.2 Å². The highest BCUT2D eigenvalue weighted by atomic mass is 19.4. The van der Waals surface area contributed by atoms with Gasteiger partial charge in [0.2, 0.25) is 0 Å². The van der Waals surface area contributed by atoms with Crippen LogP contribution in [0.25, 0.3) is 16.7 Å². The Kier molecular flexibility index (Phi) is 5.48. The molecule has 1 aromatic carbocycles. The first kappa shape index (κ1) is 21.0. The second-order valence-electron chi connectivity index (χ2n) is 7.39. The fourth-order valence-corrected chi connectivity index (χ4v) is 3.56. The molecule has 0 unspecified atom stereocenters. The summed E-state index contributed by atoms with van der Waals surface area (Å²) in [5.74, 6) is 0.348. The van der Waals surface area contributed by atoms with Crippen LogP contribution < -0.4 is 16.2 Å². The smallest absolute Gasteiger partial charge is 0.362 e. The molecule has 0 spiro atoms. The van der Waals surface area contributed by atoms with Gasteiger partial charge in [0, 0.05) is 13.6 Å². The second kappa shape index (κ2) is 8.10. The molecular formula is C21H21F3N6O. The van der Waals surface area contributed by atoms with Crippen molar-refractivity contribution in [2.75, 3.05) is 18.4 Å². The maximum atomic E-state index is 13.1. The summed E-state index contributed by atoms with van der Waals surface area (Å²) in [4.78, 5) is 25.8. The number of benzene rings is 1. The van der Waals surface area contributed by atoms with Crippen LogP contribution in [0.2, 0.25) is 0 Å². The Labute approximate surface area is 176 Å². The third-order valence-corrected chi connectivity index (χ3v) is 5.29. The van der Waals surface area contributed by atoms with E-state index in [2.05, 4.69) is 25.6 Å². The highest BCUT2D eigenvalue weighted by Crippen LogP contribution is 2.31. The number of fused-ring (bicyclic) bond motifs is 1. The molecule has 3 heterocycles. The third kappa shape index (κ3) is 4.15. The predicted molar refractivity (Wildman–Crippen MR) is 112 cm³/mol. The Morgan fingerprint density at radius 3 is 2.77 bits per heavy atom. The molecule has 162 valence electrons. The van der Waals surface area contributed by atoms with Gasteiger partial charge in [-0.3, -0.25) is 9.36 Å². The Balaban J connectivity index is 1.75. The van der Waals surface area contributed by atoms with E-state index < -0.39 is 17.8 Å². The van der Waals surface area contributed by atoms with Gasteiger partial charge in [0.25, 0.3) is 5.56 Å². The van der Waals surface area contributed by atoms with E-state index in [0.29, 0.717) is 41.2 Å². The molecule has 0 saturated heterocycles. The largest absolute Gasteiger partial charge is 0.416 e. The molecule has 0 aliphatic carbocycles. The molecule has 0 saturated carbocycles. The molecule has 7 nitrogen and oxygen atoms in total. The summed E-state index contributed by atoms with van der Waals surface area (Å²) < 4.78 is 40.6. The first-order chi connectivity index (χ1) is 14.8. The zero-order chi connectivity index (χ0) is 22.2. The summed E-state index contributed by atoms with van der Waals surface area (Å²) in [6.07, 6.45) is -0.519. The van der Waals surface area contributed by atoms with Crippen LogP contribution in [0.4, 0.5) is 19.0 Å². The molecule has 1 atom stereocenters. The lowest BCUT2D eigenvalue weighted by molar-refractivity contribution is -0.137. The van der Waals surface area contributed by atoms with Crippen molar-refractivity contribution in [3.8, 4) is 0 Å². The van der Waals surface area contributed by atoms with Crippen molar-refractivity contribution >= 4 is 22.6 Å². The van der Waals surface area contributed by atoms with Gasteiger partial charge in [-0.1, -0.05) is 18.2 Å². The van der Waals surface area contributed by atoms with E-state index >= 15 is 0 Å². The van der Waals surface area contributed by atoms with E-state index in [1.54, 1.807) is 20.0 Å². The number of anilines is 1. The lowest BCUT2D eigenvalue weighted by atomic mass is 10.0. The maximum absolute atomic E-state index is 13.1. The van der Waals surface area contributed by atoms with Gasteiger partial charge in [0.05, 0.1) is 11.6 Å². The Morgan fingerprint density at radius 2 is 2.06 bits per heavy atom. The molecule has 1 aliphatic heterocycles. The number of hydrogen-bond donors (Lipinski definition) is 2. The molecule has 0 amide bonds. The van der Waals surface area contributed by atoms with E-state index in [9.17, 15) is 18.0 Å². The van der Waals surface area contributed by atoms with Crippen molar-refractivity contribution in [2.24, 2.45) is 7.05 Å². The number of halogens is 3. The lowest BCUT2D eigenvalue weighted by Crippen LogP contribution is -2.27. The Hall–Kier alpha value is -3.27. The normalized spacial score (nSPS) is 15.6. The van der Waals surface area contributed by atoms with Crippen LogP contribution in [-0.2, 0) is 13.2 Å². The van der Waals surface area contributed by atoms with Gasteiger partial charge in [0.1, 0.15) is 17.5 Å². The number of hydrogen-bond acceptors (Lipinski definition) is 6. The topological polar surface area (TPSA) is 84.7 Å². The standard InChI is InChI=1S/C21H21F3N6O/c1-12(14-4-3-5-15(10-14)21(22,23)24)28-18-17-19(27-11-26-18)30(2)20(31)16(29-17)13-6-8-25-9-7-13/h3-6,10-12,25H,7-9H2,1-2H3,(H,26,27,28)/t12-/m1/s1. The molecule has 4 rings (SSSR count). The number of aromatic nitrogens is 4. The minimum Gasteiger partial charge on any atom is -0.362 e. The summed E-state index contributed by atoms with van der Waals surface area (Å²) in [6, 6.07) is 4.64. The maximum Gasteiger partial charge on any atom is 0.416 e. The second-order valence-corrected chi connectivity index (χ2v) is 7.39. The van der Waals surface area contributed by atoms with E-state index in [0.717, 1.165) is 24.3 Å². The minimum absolute atomic E-state index is 0.253. The molecular weight excluding hydrogens is 409 g/mol. The number of aryl methyl sites for hydroxylation is 1. The van der Waals surface area contributed by atoms with Crippen molar-refractivity contribution in [1.29, 1.82) is 0 Å². The first-order valence-electron chi connectivity index (χ1n) is 9.81. The molecule has 0 fully saturated rings.